The van der Waals surface area contributed by atoms with E-state index in [0.29, 0.717) is 12.5 Å². The summed E-state index contributed by atoms with van der Waals surface area (Å²) in [5.41, 5.74) is 5.41. The van der Waals surface area contributed by atoms with Gasteiger partial charge in [-0.1, -0.05) is 19.0 Å². The first kappa shape index (κ1) is 13.0. The highest BCUT2D eigenvalue weighted by molar-refractivity contribution is 5.93. The molecule has 2 aromatic heterocycles. The molecule has 9 heteroatoms. The van der Waals surface area contributed by atoms with Gasteiger partial charge in [0.2, 0.25) is 11.7 Å². The van der Waals surface area contributed by atoms with Gasteiger partial charge < -0.3 is 10.9 Å². The van der Waals surface area contributed by atoms with Crippen molar-refractivity contribution in [3.63, 3.8) is 0 Å². The Balaban J connectivity index is 2.13. The largest absolute Gasteiger partial charge is 0.409 e. The first-order chi connectivity index (χ1) is 9.10. The van der Waals surface area contributed by atoms with E-state index in [9.17, 15) is 0 Å². The highest BCUT2D eigenvalue weighted by atomic mass is 16.4. The highest BCUT2D eigenvalue weighted by Crippen LogP contribution is 2.03. The monoisotopic (exact) mass is 264 g/mol. The van der Waals surface area contributed by atoms with E-state index in [4.69, 9.17) is 10.9 Å². The summed E-state index contributed by atoms with van der Waals surface area (Å²) < 4.78 is 3.39. The minimum absolute atomic E-state index is 0.123. The number of oxime groups is 1. The molecule has 2 rings (SSSR count). The van der Waals surface area contributed by atoms with Crippen molar-refractivity contribution >= 4 is 5.84 Å². The third kappa shape index (κ3) is 3.06. The Morgan fingerprint density at radius 1 is 1.47 bits per heavy atom. The fourth-order valence-corrected chi connectivity index (χ4v) is 1.59. The average molecular weight is 264 g/mol. The Morgan fingerprint density at radius 3 is 2.95 bits per heavy atom. The van der Waals surface area contributed by atoms with Crippen LogP contribution in [0.15, 0.2) is 17.8 Å². The number of nitrogens with zero attached hydrogens (tertiary/aromatic N) is 7. The second-order valence-corrected chi connectivity index (χ2v) is 4.50. The number of hydrogen-bond acceptors (Lipinski definition) is 6. The van der Waals surface area contributed by atoms with E-state index in [1.807, 2.05) is 4.68 Å². The van der Waals surface area contributed by atoms with E-state index in [0.717, 1.165) is 12.4 Å². The standard InChI is InChI=1S/C10H16N8O/c1-7(2)3-18-8(12-5-14-18)4-17-6-13-10(15-17)9(11)16-19/h5-7,19H,3-4H2,1-2H3,(H2,11,16). The fraction of sp³-hybridized carbons (Fsp3) is 0.500. The summed E-state index contributed by atoms with van der Waals surface area (Å²) >= 11 is 0. The lowest BCUT2D eigenvalue weighted by Gasteiger charge is -2.07. The van der Waals surface area contributed by atoms with Gasteiger partial charge in [0.25, 0.3) is 0 Å². The number of aromatic nitrogens is 6. The smallest absolute Gasteiger partial charge is 0.219 e. The Bertz CT molecular complexity index is 570. The molecule has 0 saturated heterocycles. The second-order valence-electron chi connectivity index (χ2n) is 4.50. The van der Waals surface area contributed by atoms with Crippen molar-refractivity contribution in [3.8, 4) is 0 Å². The summed E-state index contributed by atoms with van der Waals surface area (Å²) in [4.78, 5) is 8.13. The molecular weight excluding hydrogens is 248 g/mol. The lowest BCUT2D eigenvalue weighted by Crippen LogP contribution is -2.17. The van der Waals surface area contributed by atoms with Gasteiger partial charge in [0.1, 0.15) is 25.0 Å². The van der Waals surface area contributed by atoms with Gasteiger partial charge in [-0.05, 0) is 5.92 Å². The maximum absolute atomic E-state index is 8.54. The highest BCUT2D eigenvalue weighted by Gasteiger charge is 2.10. The molecule has 0 aliphatic heterocycles. The van der Waals surface area contributed by atoms with E-state index in [1.54, 1.807) is 4.68 Å². The van der Waals surface area contributed by atoms with E-state index in [-0.39, 0.29) is 11.7 Å². The first-order valence-corrected chi connectivity index (χ1v) is 5.84. The van der Waals surface area contributed by atoms with Crippen LogP contribution in [0.2, 0.25) is 0 Å². The van der Waals surface area contributed by atoms with E-state index < -0.39 is 0 Å². The second kappa shape index (κ2) is 5.46. The van der Waals surface area contributed by atoms with Gasteiger partial charge >= 0.3 is 0 Å². The molecule has 0 amide bonds. The molecular formula is C10H16N8O. The molecule has 9 nitrogen and oxygen atoms in total. The van der Waals surface area contributed by atoms with Gasteiger partial charge in [0.15, 0.2) is 0 Å². The summed E-state index contributed by atoms with van der Waals surface area (Å²) in [6, 6.07) is 0. The minimum Gasteiger partial charge on any atom is -0.409 e. The lowest BCUT2D eigenvalue weighted by molar-refractivity contribution is 0.318. The van der Waals surface area contributed by atoms with Crippen LogP contribution in [-0.4, -0.2) is 40.6 Å². The molecule has 0 radical (unpaired) electrons. The van der Waals surface area contributed by atoms with E-state index in [1.165, 1.54) is 12.7 Å². The molecule has 0 unspecified atom stereocenters. The van der Waals surface area contributed by atoms with Crippen LogP contribution in [0.5, 0.6) is 0 Å². The molecule has 2 aromatic rings. The molecule has 0 atom stereocenters. The SMILES string of the molecule is CC(C)Cn1ncnc1Cn1cnc(C(N)=NO)n1. The van der Waals surface area contributed by atoms with Crippen molar-refractivity contribution in [1.29, 1.82) is 0 Å². The van der Waals surface area contributed by atoms with Gasteiger partial charge in [-0.3, -0.25) is 0 Å². The quantitative estimate of drug-likeness (QED) is 0.330. The zero-order valence-electron chi connectivity index (χ0n) is 10.8. The normalized spacial score (nSPS) is 12.3. The summed E-state index contributed by atoms with van der Waals surface area (Å²) in [7, 11) is 0. The predicted octanol–water partition coefficient (Wildman–Crippen LogP) is -0.332. The summed E-state index contributed by atoms with van der Waals surface area (Å²) in [6.07, 6.45) is 3.01. The number of hydrogen-bond donors (Lipinski definition) is 2. The Labute approximate surface area is 109 Å². The van der Waals surface area contributed by atoms with Crippen LogP contribution in [0.3, 0.4) is 0 Å². The molecule has 0 fully saturated rings. The van der Waals surface area contributed by atoms with Gasteiger partial charge in [-0.25, -0.2) is 19.3 Å². The van der Waals surface area contributed by atoms with Crippen molar-refractivity contribution in [2.45, 2.75) is 26.9 Å². The van der Waals surface area contributed by atoms with Crippen molar-refractivity contribution < 1.29 is 5.21 Å². The summed E-state index contributed by atoms with van der Waals surface area (Å²) in [5.74, 6) is 1.31. The molecule has 0 saturated carbocycles. The molecule has 19 heavy (non-hydrogen) atoms. The third-order valence-corrected chi connectivity index (χ3v) is 2.41. The average Bonchev–Trinajstić information content (AvgIpc) is 2.99. The van der Waals surface area contributed by atoms with Crippen molar-refractivity contribution in [3.05, 3.63) is 24.3 Å². The summed E-state index contributed by atoms with van der Waals surface area (Å²) in [6.45, 7) is 5.43. The molecule has 0 aliphatic rings. The maximum atomic E-state index is 8.54. The van der Waals surface area contributed by atoms with E-state index >= 15 is 0 Å². The van der Waals surface area contributed by atoms with Gasteiger partial charge in [-0.15, -0.1) is 5.10 Å². The molecule has 0 bridgehead atoms. The van der Waals surface area contributed by atoms with Gasteiger partial charge in [0.05, 0.1) is 0 Å². The van der Waals surface area contributed by atoms with Crippen LogP contribution in [-0.2, 0) is 13.1 Å². The molecule has 2 heterocycles. The topological polar surface area (TPSA) is 120 Å². The lowest BCUT2D eigenvalue weighted by atomic mass is 10.2. The molecule has 0 spiro atoms. The van der Waals surface area contributed by atoms with Gasteiger partial charge in [-0.2, -0.15) is 5.10 Å². The van der Waals surface area contributed by atoms with Crippen LogP contribution < -0.4 is 5.73 Å². The Kier molecular flexibility index (Phi) is 3.74. The van der Waals surface area contributed by atoms with Crippen molar-refractivity contribution in [2.75, 3.05) is 0 Å². The minimum atomic E-state index is -0.123. The predicted molar refractivity (Wildman–Crippen MR) is 66.5 cm³/mol. The molecule has 3 N–H and O–H groups in total. The van der Waals surface area contributed by atoms with Crippen LogP contribution in [0.4, 0.5) is 0 Å². The van der Waals surface area contributed by atoms with Crippen LogP contribution >= 0.6 is 0 Å². The molecule has 0 aromatic carbocycles. The Morgan fingerprint density at radius 2 is 2.26 bits per heavy atom. The van der Waals surface area contributed by atoms with Crippen LogP contribution in [0.25, 0.3) is 0 Å². The molecule has 0 aliphatic carbocycles. The van der Waals surface area contributed by atoms with Crippen molar-refractivity contribution in [1.82, 2.24) is 29.5 Å². The van der Waals surface area contributed by atoms with Crippen LogP contribution in [0.1, 0.15) is 25.5 Å². The first-order valence-electron chi connectivity index (χ1n) is 5.84. The third-order valence-electron chi connectivity index (χ3n) is 2.41. The zero-order chi connectivity index (χ0) is 13.8. The fourth-order valence-electron chi connectivity index (χ4n) is 1.59. The van der Waals surface area contributed by atoms with Crippen LogP contribution in [0, 0.1) is 5.92 Å². The zero-order valence-corrected chi connectivity index (χ0v) is 10.8. The van der Waals surface area contributed by atoms with Gasteiger partial charge in [0, 0.05) is 6.54 Å². The number of amidine groups is 1. The number of nitrogens with two attached hydrogens (primary N) is 1. The Hall–Kier alpha value is -2.45. The maximum Gasteiger partial charge on any atom is 0.219 e. The molecule has 102 valence electrons. The van der Waals surface area contributed by atoms with Crippen molar-refractivity contribution in [2.24, 2.45) is 16.8 Å². The number of rotatable bonds is 5. The van der Waals surface area contributed by atoms with E-state index in [2.05, 4.69) is 39.2 Å². The summed E-state index contributed by atoms with van der Waals surface area (Å²) in [5, 5.41) is 19.6.